The van der Waals surface area contributed by atoms with Gasteiger partial charge in [-0.15, -0.1) is 0 Å². The Labute approximate surface area is 171 Å². The highest BCUT2D eigenvalue weighted by Gasteiger charge is 2.30. The number of pyridine rings is 1. The molecule has 1 atom stereocenters. The molecule has 150 valence electrons. The maximum absolute atomic E-state index is 13.5. The van der Waals surface area contributed by atoms with Crippen molar-refractivity contribution in [1.82, 2.24) is 19.8 Å². The SMILES string of the molecule is COc1ccc(-n2c(C)cc(C(=O)N3CCNCC3c3cccnc3)c2C)cc1. The third-order valence-corrected chi connectivity index (χ3v) is 5.57. The number of amides is 1. The van der Waals surface area contributed by atoms with Crippen molar-refractivity contribution < 1.29 is 9.53 Å². The van der Waals surface area contributed by atoms with Crippen molar-refractivity contribution in [2.24, 2.45) is 0 Å². The molecule has 6 heteroatoms. The minimum Gasteiger partial charge on any atom is -0.497 e. The summed E-state index contributed by atoms with van der Waals surface area (Å²) in [4.78, 5) is 19.7. The van der Waals surface area contributed by atoms with Crippen LogP contribution < -0.4 is 10.1 Å². The van der Waals surface area contributed by atoms with Gasteiger partial charge in [0.15, 0.2) is 0 Å². The summed E-state index contributed by atoms with van der Waals surface area (Å²) < 4.78 is 7.38. The lowest BCUT2D eigenvalue weighted by molar-refractivity contribution is 0.0633. The molecule has 0 spiro atoms. The molecule has 3 heterocycles. The molecule has 0 bridgehead atoms. The number of aromatic nitrogens is 2. The van der Waals surface area contributed by atoms with E-state index in [0.29, 0.717) is 6.54 Å². The fourth-order valence-corrected chi connectivity index (χ4v) is 4.08. The van der Waals surface area contributed by atoms with Gasteiger partial charge in [-0.05, 0) is 55.8 Å². The van der Waals surface area contributed by atoms with Crippen LogP contribution in [0.1, 0.15) is 33.4 Å². The molecule has 1 amide bonds. The van der Waals surface area contributed by atoms with Crippen molar-refractivity contribution in [3.8, 4) is 11.4 Å². The molecule has 2 aromatic heterocycles. The van der Waals surface area contributed by atoms with E-state index in [2.05, 4.69) is 14.9 Å². The highest BCUT2D eigenvalue weighted by molar-refractivity contribution is 5.96. The van der Waals surface area contributed by atoms with Gasteiger partial charge >= 0.3 is 0 Å². The van der Waals surface area contributed by atoms with Crippen LogP contribution in [0, 0.1) is 13.8 Å². The molecule has 1 unspecified atom stereocenters. The Balaban J connectivity index is 1.68. The van der Waals surface area contributed by atoms with Crippen LogP contribution in [0.2, 0.25) is 0 Å². The average Bonchev–Trinajstić information content (AvgIpc) is 3.08. The minimum absolute atomic E-state index is 0.0195. The van der Waals surface area contributed by atoms with Crippen LogP contribution in [0.5, 0.6) is 5.75 Å². The number of hydrogen-bond acceptors (Lipinski definition) is 4. The molecular weight excluding hydrogens is 364 g/mol. The van der Waals surface area contributed by atoms with Crippen molar-refractivity contribution in [2.45, 2.75) is 19.9 Å². The zero-order chi connectivity index (χ0) is 20.4. The Kier molecular flexibility index (Phi) is 5.36. The number of carbonyl (C=O) groups excluding carboxylic acids is 1. The van der Waals surface area contributed by atoms with E-state index in [-0.39, 0.29) is 11.9 Å². The van der Waals surface area contributed by atoms with Gasteiger partial charge in [-0.25, -0.2) is 0 Å². The first-order chi connectivity index (χ1) is 14.1. The first-order valence-electron chi connectivity index (χ1n) is 9.85. The van der Waals surface area contributed by atoms with E-state index >= 15 is 0 Å². The minimum atomic E-state index is -0.0195. The van der Waals surface area contributed by atoms with E-state index < -0.39 is 0 Å². The Bertz CT molecular complexity index is 996. The lowest BCUT2D eigenvalue weighted by atomic mass is 10.0. The van der Waals surface area contributed by atoms with Gasteiger partial charge in [-0.2, -0.15) is 0 Å². The van der Waals surface area contributed by atoms with E-state index in [4.69, 9.17) is 4.74 Å². The average molecular weight is 390 g/mol. The maximum Gasteiger partial charge on any atom is 0.256 e. The van der Waals surface area contributed by atoms with Crippen LogP contribution in [0.4, 0.5) is 0 Å². The van der Waals surface area contributed by atoms with Gasteiger partial charge in [0.2, 0.25) is 0 Å². The normalized spacial score (nSPS) is 16.7. The number of carbonyl (C=O) groups is 1. The van der Waals surface area contributed by atoms with Gasteiger partial charge in [0.05, 0.1) is 18.7 Å². The van der Waals surface area contributed by atoms with Gasteiger partial charge in [-0.1, -0.05) is 6.07 Å². The molecule has 1 saturated heterocycles. The number of rotatable bonds is 4. The number of piperazine rings is 1. The van der Waals surface area contributed by atoms with Gasteiger partial charge in [-0.3, -0.25) is 9.78 Å². The summed E-state index contributed by atoms with van der Waals surface area (Å²) in [5, 5.41) is 3.40. The zero-order valence-corrected chi connectivity index (χ0v) is 17.1. The summed E-state index contributed by atoms with van der Waals surface area (Å²) in [7, 11) is 1.66. The van der Waals surface area contributed by atoms with Crippen molar-refractivity contribution in [2.75, 3.05) is 26.7 Å². The number of methoxy groups -OCH3 is 1. The van der Waals surface area contributed by atoms with Gasteiger partial charge in [0.25, 0.3) is 5.91 Å². The number of nitrogens with one attached hydrogen (secondary N) is 1. The summed E-state index contributed by atoms with van der Waals surface area (Å²) >= 11 is 0. The van der Waals surface area contributed by atoms with Crippen LogP contribution in [0.3, 0.4) is 0 Å². The molecule has 1 fully saturated rings. The third-order valence-electron chi connectivity index (χ3n) is 5.57. The van der Waals surface area contributed by atoms with Crippen LogP contribution in [0.25, 0.3) is 5.69 Å². The van der Waals surface area contributed by atoms with Crippen LogP contribution >= 0.6 is 0 Å². The van der Waals surface area contributed by atoms with E-state index in [1.807, 2.05) is 67.4 Å². The quantitative estimate of drug-likeness (QED) is 0.743. The molecule has 0 aliphatic carbocycles. The number of nitrogens with zero attached hydrogens (tertiary/aromatic N) is 3. The predicted molar refractivity (Wildman–Crippen MR) is 113 cm³/mol. The maximum atomic E-state index is 13.5. The lowest BCUT2D eigenvalue weighted by Gasteiger charge is -2.36. The first kappa shape index (κ1) is 19.2. The topological polar surface area (TPSA) is 59.4 Å². The largest absolute Gasteiger partial charge is 0.497 e. The second-order valence-corrected chi connectivity index (χ2v) is 7.32. The molecular formula is C23H26N4O2. The number of aryl methyl sites for hydroxylation is 1. The molecule has 4 rings (SSSR count). The number of benzene rings is 1. The van der Waals surface area contributed by atoms with E-state index in [1.54, 1.807) is 13.3 Å². The molecule has 1 aliphatic rings. The first-order valence-corrected chi connectivity index (χ1v) is 9.85. The second-order valence-electron chi connectivity index (χ2n) is 7.32. The molecule has 0 saturated carbocycles. The standard InChI is InChI=1S/C23H26N4O2/c1-16-13-21(17(2)27(16)19-6-8-20(29-3)9-7-19)23(28)26-12-11-25-15-22(26)18-5-4-10-24-14-18/h4-10,13-14,22,25H,11-12,15H2,1-3H3. The van der Waals surface area contributed by atoms with Crippen LogP contribution in [-0.4, -0.2) is 47.1 Å². The zero-order valence-electron chi connectivity index (χ0n) is 17.1. The third kappa shape index (κ3) is 3.63. The molecule has 3 aromatic rings. The molecule has 29 heavy (non-hydrogen) atoms. The summed E-state index contributed by atoms with van der Waals surface area (Å²) in [6, 6.07) is 13.8. The molecule has 0 radical (unpaired) electrons. The number of ether oxygens (including phenoxy) is 1. The number of hydrogen-bond donors (Lipinski definition) is 1. The summed E-state index contributed by atoms with van der Waals surface area (Å²) in [6.07, 6.45) is 3.60. The fraction of sp³-hybridized carbons (Fsp3) is 0.304. The Morgan fingerprint density at radius 1 is 1.21 bits per heavy atom. The summed E-state index contributed by atoms with van der Waals surface area (Å²) in [5.74, 6) is 0.876. The molecule has 1 aliphatic heterocycles. The molecule has 1 N–H and O–H groups in total. The van der Waals surface area contributed by atoms with Crippen molar-refractivity contribution in [1.29, 1.82) is 0 Å². The van der Waals surface area contributed by atoms with E-state index in [0.717, 1.165) is 47.0 Å². The molecule has 1 aromatic carbocycles. The van der Waals surface area contributed by atoms with E-state index in [9.17, 15) is 4.79 Å². The van der Waals surface area contributed by atoms with Crippen molar-refractivity contribution >= 4 is 5.91 Å². The van der Waals surface area contributed by atoms with E-state index in [1.165, 1.54) is 0 Å². The monoisotopic (exact) mass is 390 g/mol. The van der Waals surface area contributed by atoms with Gasteiger partial charge in [0.1, 0.15) is 5.75 Å². The Hall–Kier alpha value is -3.12. The Morgan fingerprint density at radius 2 is 2.00 bits per heavy atom. The van der Waals surface area contributed by atoms with Crippen molar-refractivity contribution in [3.63, 3.8) is 0 Å². The highest BCUT2D eigenvalue weighted by Crippen LogP contribution is 2.28. The lowest BCUT2D eigenvalue weighted by Crippen LogP contribution is -2.48. The Morgan fingerprint density at radius 3 is 2.69 bits per heavy atom. The van der Waals surface area contributed by atoms with Crippen LogP contribution in [0.15, 0.2) is 54.9 Å². The predicted octanol–water partition coefficient (Wildman–Crippen LogP) is 3.28. The molecule has 6 nitrogen and oxygen atoms in total. The van der Waals surface area contributed by atoms with Crippen LogP contribution in [-0.2, 0) is 0 Å². The summed E-state index contributed by atoms with van der Waals surface area (Å²) in [6.45, 7) is 6.23. The van der Waals surface area contributed by atoms with Gasteiger partial charge in [0, 0.05) is 49.1 Å². The summed E-state index contributed by atoms with van der Waals surface area (Å²) in [5.41, 5.74) is 4.79. The smallest absolute Gasteiger partial charge is 0.256 e. The van der Waals surface area contributed by atoms with Gasteiger partial charge < -0.3 is 19.5 Å². The second kappa shape index (κ2) is 8.09. The highest BCUT2D eigenvalue weighted by atomic mass is 16.5. The van der Waals surface area contributed by atoms with Crippen molar-refractivity contribution in [3.05, 3.63) is 77.4 Å². The fourth-order valence-electron chi connectivity index (χ4n) is 4.08.